The van der Waals surface area contributed by atoms with Crippen LogP contribution in [0.3, 0.4) is 0 Å². The highest BCUT2D eigenvalue weighted by molar-refractivity contribution is 5.75. The standard InChI is InChI=1S/C11H22N2O2/c1-12(2)11(15)6-4-8-13-7-3-5-10(13)9-14/h10,14H,3-9H2,1-2H3/t10-/m0/s1. The molecule has 1 aliphatic rings. The van der Waals surface area contributed by atoms with E-state index in [4.69, 9.17) is 5.11 Å². The molecule has 1 N–H and O–H groups in total. The Labute approximate surface area is 91.9 Å². The average molecular weight is 214 g/mol. The zero-order valence-corrected chi connectivity index (χ0v) is 9.78. The number of hydrogen-bond acceptors (Lipinski definition) is 3. The van der Waals surface area contributed by atoms with Crippen molar-refractivity contribution in [1.82, 2.24) is 9.80 Å². The van der Waals surface area contributed by atoms with Crippen LogP contribution in [0.4, 0.5) is 0 Å². The third kappa shape index (κ3) is 3.80. The minimum Gasteiger partial charge on any atom is -0.395 e. The smallest absolute Gasteiger partial charge is 0.222 e. The summed E-state index contributed by atoms with van der Waals surface area (Å²) in [6.45, 7) is 2.26. The van der Waals surface area contributed by atoms with Gasteiger partial charge in [0.25, 0.3) is 0 Å². The number of aliphatic hydroxyl groups is 1. The van der Waals surface area contributed by atoms with Crippen LogP contribution in [0.1, 0.15) is 25.7 Å². The molecule has 4 nitrogen and oxygen atoms in total. The summed E-state index contributed by atoms with van der Waals surface area (Å²) in [6, 6.07) is 0.333. The van der Waals surface area contributed by atoms with Gasteiger partial charge in [-0.05, 0) is 32.4 Å². The number of carbonyl (C=O) groups is 1. The van der Waals surface area contributed by atoms with E-state index in [-0.39, 0.29) is 12.5 Å². The van der Waals surface area contributed by atoms with Crippen molar-refractivity contribution in [1.29, 1.82) is 0 Å². The first kappa shape index (κ1) is 12.5. The summed E-state index contributed by atoms with van der Waals surface area (Å²) in [5.74, 6) is 0.190. The summed E-state index contributed by atoms with van der Waals surface area (Å²) >= 11 is 0. The second kappa shape index (κ2) is 6.08. The van der Waals surface area contributed by atoms with Gasteiger partial charge in [-0.15, -0.1) is 0 Å². The molecule has 1 saturated heterocycles. The lowest BCUT2D eigenvalue weighted by Gasteiger charge is -2.22. The van der Waals surface area contributed by atoms with E-state index >= 15 is 0 Å². The molecule has 1 aliphatic heterocycles. The third-order valence-electron chi connectivity index (χ3n) is 3.04. The highest BCUT2D eigenvalue weighted by Crippen LogP contribution is 2.16. The number of nitrogens with zero attached hydrogens (tertiary/aromatic N) is 2. The van der Waals surface area contributed by atoms with Gasteiger partial charge in [-0.1, -0.05) is 0 Å². The molecule has 1 atom stereocenters. The molecule has 88 valence electrons. The normalized spacial score (nSPS) is 21.9. The molecule has 0 bridgehead atoms. The molecule has 0 radical (unpaired) electrons. The number of rotatable bonds is 5. The molecule has 0 aliphatic carbocycles. The van der Waals surface area contributed by atoms with Crippen LogP contribution in [0, 0.1) is 0 Å². The second-order valence-electron chi connectivity index (χ2n) is 4.41. The van der Waals surface area contributed by atoms with E-state index < -0.39 is 0 Å². The van der Waals surface area contributed by atoms with Gasteiger partial charge >= 0.3 is 0 Å². The molecular formula is C11H22N2O2. The minimum absolute atomic E-state index is 0.190. The minimum atomic E-state index is 0.190. The molecule has 0 aromatic heterocycles. The molecule has 1 amide bonds. The van der Waals surface area contributed by atoms with Crippen molar-refractivity contribution in [2.75, 3.05) is 33.8 Å². The number of carbonyl (C=O) groups excluding carboxylic acids is 1. The summed E-state index contributed by atoms with van der Waals surface area (Å²) < 4.78 is 0. The SMILES string of the molecule is CN(C)C(=O)CCCN1CCC[C@H]1CO. The molecule has 4 heteroatoms. The highest BCUT2D eigenvalue weighted by Gasteiger charge is 2.22. The molecule has 1 heterocycles. The highest BCUT2D eigenvalue weighted by atomic mass is 16.3. The molecular weight excluding hydrogens is 192 g/mol. The van der Waals surface area contributed by atoms with Crippen LogP contribution in [0.15, 0.2) is 0 Å². The Bertz CT molecular complexity index is 207. The number of aliphatic hydroxyl groups excluding tert-OH is 1. The molecule has 0 aromatic carbocycles. The van der Waals surface area contributed by atoms with Gasteiger partial charge in [0.05, 0.1) is 6.61 Å². The van der Waals surface area contributed by atoms with Gasteiger partial charge in [0, 0.05) is 26.6 Å². The summed E-state index contributed by atoms with van der Waals surface area (Å²) in [6.07, 6.45) is 3.78. The third-order valence-corrected chi connectivity index (χ3v) is 3.04. The zero-order chi connectivity index (χ0) is 11.3. The van der Waals surface area contributed by atoms with Gasteiger partial charge in [0.2, 0.25) is 5.91 Å². The Balaban J connectivity index is 2.17. The summed E-state index contributed by atoms with van der Waals surface area (Å²) in [4.78, 5) is 15.3. The Morgan fingerprint density at radius 1 is 1.53 bits per heavy atom. The van der Waals surface area contributed by atoms with Gasteiger partial charge in [-0.25, -0.2) is 0 Å². The molecule has 1 fully saturated rings. The molecule has 0 saturated carbocycles. The van der Waals surface area contributed by atoms with Gasteiger partial charge in [0.15, 0.2) is 0 Å². The Kier molecular flexibility index (Phi) is 5.05. The fourth-order valence-electron chi connectivity index (χ4n) is 2.05. The summed E-state index contributed by atoms with van der Waals surface area (Å²) in [7, 11) is 3.57. The van der Waals surface area contributed by atoms with Crippen LogP contribution in [0.2, 0.25) is 0 Å². The Morgan fingerprint density at radius 3 is 2.87 bits per heavy atom. The molecule has 0 spiro atoms. The van der Waals surface area contributed by atoms with E-state index in [2.05, 4.69) is 4.90 Å². The number of hydrogen-bond donors (Lipinski definition) is 1. The number of amides is 1. The average Bonchev–Trinajstić information content (AvgIpc) is 2.65. The lowest BCUT2D eigenvalue weighted by atomic mass is 10.2. The van der Waals surface area contributed by atoms with Gasteiger partial charge in [0.1, 0.15) is 0 Å². The monoisotopic (exact) mass is 214 g/mol. The van der Waals surface area contributed by atoms with Crippen molar-refractivity contribution in [3.05, 3.63) is 0 Å². The lowest BCUT2D eigenvalue weighted by Crippen LogP contribution is -2.33. The largest absolute Gasteiger partial charge is 0.395 e. The van der Waals surface area contributed by atoms with Crippen molar-refractivity contribution in [2.24, 2.45) is 0 Å². The van der Waals surface area contributed by atoms with Crippen molar-refractivity contribution >= 4 is 5.91 Å². The molecule has 0 aromatic rings. The van der Waals surface area contributed by atoms with Crippen molar-refractivity contribution in [2.45, 2.75) is 31.7 Å². The fraction of sp³-hybridized carbons (Fsp3) is 0.909. The van der Waals surface area contributed by atoms with E-state index in [9.17, 15) is 4.79 Å². The van der Waals surface area contributed by atoms with Crippen molar-refractivity contribution in [3.8, 4) is 0 Å². The van der Waals surface area contributed by atoms with Crippen molar-refractivity contribution in [3.63, 3.8) is 0 Å². The first-order valence-electron chi connectivity index (χ1n) is 5.70. The van der Waals surface area contributed by atoms with Crippen LogP contribution in [0.25, 0.3) is 0 Å². The quantitative estimate of drug-likeness (QED) is 0.716. The maximum atomic E-state index is 11.3. The van der Waals surface area contributed by atoms with Gasteiger partial charge in [-0.3, -0.25) is 9.69 Å². The van der Waals surface area contributed by atoms with E-state index in [1.807, 2.05) is 0 Å². The van der Waals surface area contributed by atoms with Crippen LogP contribution < -0.4 is 0 Å². The fourth-order valence-corrected chi connectivity index (χ4v) is 2.05. The predicted molar refractivity (Wildman–Crippen MR) is 59.6 cm³/mol. The van der Waals surface area contributed by atoms with E-state index in [1.54, 1.807) is 19.0 Å². The van der Waals surface area contributed by atoms with Crippen LogP contribution >= 0.6 is 0 Å². The lowest BCUT2D eigenvalue weighted by molar-refractivity contribution is -0.128. The van der Waals surface area contributed by atoms with E-state index in [0.717, 1.165) is 25.9 Å². The summed E-state index contributed by atoms with van der Waals surface area (Å²) in [5, 5.41) is 9.12. The van der Waals surface area contributed by atoms with Crippen LogP contribution in [-0.4, -0.2) is 60.6 Å². The molecule has 15 heavy (non-hydrogen) atoms. The van der Waals surface area contributed by atoms with Crippen LogP contribution in [0.5, 0.6) is 0 Å². The first-order valence-corrected chi connectivity index (χ1v) is 5.70. The number of likely N-dealkylation sites (tertiary alicyclic amines) is 1. The van der Waals surface area contributed by atoms with E-state index in [0.29, 0.717) is 12.5 Å². The Hall–Kier alpha value is -0.610. The predicted octanol–water partition coefficient (Wildman–Crippen LogP) is 0.311. The molecule has 0 unspecified atom stereocenters. The topological polar surface area (TPSA) is 43.8 Å². The molecule has 1 rings (SSSR count). The summed E-state index contributed by atoms with van der Waals surface area (Å²) in [5.41, 5.74) is 0. The first-order chi connectivity index (χ1) is 7.15. The van der Waals surface area contributed by atoms with Crippen molar-refractivity contribution < 1.29 is 9.90 Å². The Morgan fingerprint density at radius 2 is 2.27 bits per heavy atom. The second-order valence-corrected chi connectivity index (χ2v) is 4.41. The maximum absolute atomic E-state index is 11.3. The van der Waals surface area contributed by atoms with Gasteiger partial charge < -0.3 is 10.0 Å². The zero-order valence-electron chi connectivity index (χ0n) is 9.78. The van der Waals surface area contributed by atoms with Gasteiger partial charge in [-0.2, -0.15) is 0 Å². The van der Waals surface area contributed by atoms with Crippen LogP contribution in [-0.2, 0) is 4.79 Å². The maximum Gasteiger partial charge on any atom is 0.222 e. The van der Waals surface area contributed by atoms with E-state index in [1.165, 1.54) is 6.42 Å².